The molecule has 1 aliphatic heterocycles. The molecule has 0 spiro atoms. The third-order valence-electron chi connectivity index (χ3n) is 3.52. The molecule has 0 aliphatic carbocycles. The fraction of sp³-hybridized carbons (Fsp3) is 0.400. The van der Waals surface area contributed by atoms with Crippen LogP contribution in [0.2, 0.25) is 0 Å². The zero-order valence-electron chi connectivity index (χ0n) is 11.3. The number of hydrogen-bond donors (Lipinski definition) is 2. The Kier molecular flexibility index (Phi) is 3.62. The van der Waals surface area contributed by atoms with Crippen molar-refractivity contribution in [2.24, 2.45) is 0 Å². The fourth-order valence-corrected chi connectivity index (χ4v) is 2.58. The zero-order chi connectivity index (χ0) is 13.1. The van der Waals surface area contributed by atoms with Crippen LogP contribution in [0.5, 0.6) is 0 Å². The van der Waals surface area contributed by atoms with Gasteiger partial charge in [0.1, 0.15) is 5.82 Å². The van der Waals surface area contributed by atoms with Gasteiger partial charge in [0.15, 0.2) is 0 Å². The van der Waals surface area contributed by atoms with Crippen LogP contribution < -0.4 is 5.32 Å². The topological polar surface area (TPSA) is 44.0 Å². The maximum atomic E-state index is 4.47. The molecule has 1 aliphatic rings. The normalized spacial score (nSPS) is 20.6. The minimum atomic E-state index is 0.574. The van der Waals surface area contributed by atoms with Crippen molar-refractivity contribution in [2.45, 2.75) is 19.5 Å². The number of piperazine rings is 1. The molecule has 0 radical (unpaired) electrons. The van der Waals surface area contributed by atoms with Crippen LogP contribution in [0.25, 0.3) is 11.4 Å². The molecule has 0 amide bonds. The van der Waals surface area contributed by atoms with E-state index >= 15 is 0 Å². The third-order valence-corrected chi connectivity index (χ3v) is 3.52. The number of hydrogen-bond acceptors (Lipinski definition) is 3. The maximum Gasteiger partial charge on any atom is 0.137 e. The minimum Gasteiger partial charge on any atom is -0.341 e. The van der Waals surface area contributed by atoms with Crippen molar-refractivity contribution in [1.29, 1.82) is 0 Å². The highest BCUT2D eigenvalue weighted by atomic mass is 15.2. The molecule has 0 unspecified atom stereocenters. The molecular formula is C15H20N4. The van der Waals surface area contributed by atoms with Gasteiger partial charge in [0.25, 0.3) is 0 Å². The molecule has 0 saturated carbocycles. The molecule has 1 aromatic heterocycles. The van der Waals surface area contributed by atoms with Crippen molar-refractivity contribution >= 4 is 0 Å². The van der Waals surface area contributed by atoms with Crippen molar-refractivity contribution in [2.75, 3.05) is 19.6 Å². The van der Waals surface area contributed by atoms with Gasteiger partial charge in [-0.2, -0.15) is 0 Å². The monoisotopic (exact) mass is 256 g/mol. The number of H-pyrrole nitrogens is 1. The van der Waals surface area contributed by atoms with Gasteiger partial charge in [-0.15, -0.1) is 0 Å². The van der Waals surface area contributed by atoms with Crippen molar-refractivity contribution in [3.05, 3.63) is 42.2 Å². The summed E-state index contributed by atoms with van der Waals surface area (Å²) in [5.41, 5.74) is 2.33. The highest BCUT2D eigenvalue weighted by molar-refractivity contribution is 5.54. The average Bonchev–Trinajstić information content (AvgIpc) is 2.88. The van der Waals surface area contributed by atoms with Gasteiger partial charge in [-0.3, -0.25) is 4.90 Å². The van der Waals surface area contributed by atoms with Gasteiger partial charge in [-0.1, -0.05) is 30.3 Å². The predicted molar refractivity (Wildman–Crippen MR) is 76.8 cm³/mol. The summed E-state index contributed by atoms with van der Waals surface area (Å²) in [6, 6.07) is 10.8. The molecule has 2 N–H and O–H groups in total. The summed E-state index contributed by atoms with van der Waals surface area (Å²) in [6.07, 6.45) is 1.95. The molecule has 1 fully saturated rings. The number of aromatic nitrogens is 2. The van der Waals surface area contributed by atoms with Gasteiger partial charge in [0.2, 0.25) is 0 Å². The second-order valence-electron chi connectivity index (χ2n) is 5.21. The van der Waals surface area contributed by atoms with E-state index in [1.807, 2.05) is 24.4 Å². The van der Waals surface area contributed by atoms with Crippen molar-refractivity contribution in [3.8, 4) is 11.4 Å². The first-order valence-electron chi connectivity index (χ1n) is 6.86. The van der Waals surface area contributed by atoms with Crippen LogP contribution in [0.15, 0.2) is 36.5 Å². The second kappa shape index (κ2) is 5.55. The van der Waals surface area contributed by atoms with E-state index in [0.29, 0.717) is 6.04 Å². The third kappa shape index (κ3) is 3.03. The maximum absolute atomic E-state index is 4.47. The Hall–Kier alpha value is -1.65. The largest absolute Gasteiger partial charge is 0.341 e. The highest BCUT2D eigenvalue weighted by Gasteiger charge is 2.16. The van der Waals surface area contributed by atoms with E-state index in [4.69, 9.17) is 0 Å². The quantitative estimate of drug-likeness (QED) is 0.881. The Morgan fingerprint density at radius 3 is 2.95 bits per heavy atom. The average molecular weight is 256 g/mol. The van der Waals surface area contributed by atoms with Gasteiger partial charge < -0.3 is 10.3 Å². The van der Waals surface area contributed by atoms with Crippen molar-refractivity contribution in [1.82, 2.24) is 20.2 Å². The summed E-state index contributed by atoms with van der Waals surface area (Å²) in [4.78, 5) is 10.4. The number of nitrogens with one attached hydrogen (secondary N) is 2. The van der Waals surface area contributed by atoms with Crippen LogP contribution in [-0.4, -0.2) is 40.5 Å². The zero-order valence-corrected chi connectivity index (χ0v) is 11.3. The predicted octanol–water partition coefficient (Wildman–Crippen LogP) is 1.87. The van der Waals surface area contributed by atoms with Gasteiger partial charge in [-0.05, 0) is 6.92 Å². The Bertz CT molecular complexity index is 520. The molecule has 4 nitrogen and oxygen atoms in total. The molecule has 1 atom stereocenters. The van der Waals surface area contributed by atoms with E-state index in [1.54, 1.807) is 0 Å². The van der Waals surface area contributed by atoms with Crippen LogP contribution in [0, 0.1) is 0 Å². The summed E-state index contributed by atoms with van der Waals surface area (Å²) in [7, 11) is 0. The van der Waals surface area contributed by atoms with Crippen molar-refractivity contribution < 1.29 is 0 Å². The first-order valence-corrected chi connectivity index (χ1v) is 6.86. The van der Waals surface area contributed by atoms with Gasteiger partial charge in [-0.25, -0.2) is 4.98 Å². The van der Waals surface area contributed by atoms with E-state index in [2.05, 4.69) is 39.2 Å². The van der Waals surface area contributed by atoms with E-state index in [9.17, 15) is 0 Å². The Morgan fingerprint density at radius 1 is 1.32 bits per heavy atom. The molecule has 1 aromatic carbocycles. The first kappa shape index (κ1) is 12.4. The number of nitrogens with zero attached hydrogens (tertiary/aromatic N) is 2. The summed E-state index contributed by atoms with van der Waals surface area (Å²) in [5.74, 6) is 0.957. The van der Waals surface area contributed by atoms with Crippen LogP contribution in [-0.2, 0) is 6.54 Å². The first-order chi connectivity index (χ1) is 9.31. The number of benzene rings is 1. The fourth-order valence-electron chi connectivity index (χ4n) is 2.58. The van der Waals surface area contributed by atoms with E-state index in [1.165, 1.54) is 5.69 Å². The lowest BCUT2D eigenvalue weighted by molar-refractivity contribution is 0.198. The Labute approximate surface area is 113 Å². The molecule has 0 bridgehead atoms. The van der Waals surface area contributed by atoms with Gasteiger partial charge >= 0.3 is 0 Å². The Morgan fingerprint density at radius 2 is 2.16 bits per heavy atom. The van der Waals surface area contributed by atoms with E-state index in [-0.39, 0.29) is 0 Å². The van der Waals surface area contributed by atoms with Gasteiger partial charge in [0.05, 0.1) is 0 Å². The van der Waals surface area contributed by atoms with E-state index in [0.717, 1.165) is 37.6 Å². The summed E-state index contributed by atoms with van der Waals surface area (Å²) in [5, 5.41) is 3.46. The SMILES string of the molecule is C[C@@H]1CN(Cc2cnc(-c3ccccc3)[nH]2)CCN1. The van der Waals surface area contributed by atoms with Crippen LogP contribution in [0.1, 0.15) is 12.6 Å². The standard InChI is InChI=1S/C15H20N4/c1-12-10-19(8-7-16-12)11-14-9-17-15(18-14)13-5-3-2-4-6-13/h2-6,9,12,16H,7-8,10-11H2,1H3,(H,17,18)/t12-/m1/s1. The summed E-state index contributed by atoms with van der Waals surface area (Å²) < 4.78 is 0. The Balaban J connectivity index is 1.68. The lowest BCUT2D eigenvalue weighted by Gasteiger charge is -2.31. The molecule has 2 aromatic rings. The number of rotatable bonds is 3. The number of aromatic amines is 1. The van der Waals surface area contributed by atoms with Crippen LogP contribution >= 0.6 is 0 Å². The molecule has 19 heavy (non-hydrogen) atoms. The summed E-state index contributed by atoms with van der Waals surface area (Å²) >= 11 is 0. The van der Waals surface area contributed by atoms with Crippen LogP contribution in [0.3, 0.4) is 0 Å². The number of imidazole rings is 1. The summed E-state index contributed by atoms with van der Waals surface area (Å²) in [6.45, 7) is 6.45. The molecule has 3 rings (SSSR count). The minimum absolute atomic E-state index is 0.574. The lowest BCUT2D eigenvalue weighted by Crippen LogP contribution is -2.48. The van der Waals surface area contributed by atoms with Crippen LogP contribution in [0.4, 0.5) is 0 Å². The van der Waals surface area contributed by atoms with Gasteiger partial charge in [0, 0.05) is 49.7 Å². The lowest BCUT2D eigenvalue weighted by atomic mass is 10.2. The molecule has 1 saturated heterocycles. The second-order valence-corrected chi connectivity index (χ2v) is 5.21. The smallest absolute Gasteiger partial charge is 0.137 e. The molecule has 100 valence electrons. The molecular weight excluding hydrogens is 236 g/mol. The van der Waals surface area contributed by atoms with Crippen molar-refractivity contribution in [3.63, 3.8) is 0 Å². The molecule has 4 heteroatoms. The van der Waals surface area contributed by atoms with E-state index < -0.39 is 0 Å². The highest BCUT2D eigenvalue weighted by Crippen LogP contribution is 2.15. The molecule has 2 heterocycles.